The Morgan fingerprint density at radius 2 is 2.09 bits per heavy atom. The van der Waals surface area contributed by atoms with E-state index >= 15 is 0 Å². The summed E-state index contributed by atoms with van der Waals surface area (Å²) in [5.74, 6) is 0.483. The average Bonchev–Trinajstić information content (AvgIpc) is 2.82. The Morgan fingerprint density at radius 1 is 1.22 bits per heavy atom. The van der Waals surface area contributed by atoms with Crippen LogP contribution in [0.4, 0.5) is 5.69 Å². The summed E-state index contributed by atoms with van der Waals surface area (Å²) >= 11 is 0. The molecule has 8 nitrogen and oxygen atoms in total. The first-order valence-electron chi connectivity index (χ1n) is 11.0. The average molecular weight is 434 g/mol. The summed E-state index contributed by atoms with van der Waals surface area (Å²) in [6.07, 6.45) is 5.32. The van der Waals surface area contributed by atoms with Crippen LogP contribution < -0.4 is 9.64 Å². The Balaban J connectivity index is 1.44. The molecule has 0 bridgehead atoms. The van der Waals surface area contributed by atoms with Gasteiger partial charge in [0.15, 0.2) is 5.52 Å². The number of fused-ring (bicyclic) bond motifs is 2. The number of carbonyl (C=O) groups is 1. The van der Waals surface area contributed by atoms with Gasteiger partial charge in [-0.05, 0) is 36.6 Å². The van der Waals surface area contributed by atoms with Crippen LogP contribution in [0.15, 0.2) is 36.7 Å². The summed E-state index contributed by atoms with van der Waals surface area (Å²) in [6.45, 7) is 4.58. The van der Waals surface area contributed by atoms with Crippen molar-refractivity contribution in [3.8, 4) is 17.1 Å². The smallest absolute Gasteiger partial charge is 0.242 e. The van der Waals surface area contributed by atoms with Gasteiger partial charge in [0.05, 0.1) is 24.4 Å². The molecule has 0 saturated carbocycles. The largest absolute Gasteiger partial charge is 0.473 e. The van der Waals surface area contributed by atoms with Crippen LogP contribution in [0.1, 0.15) is 18.9 Å². The van der Waals surface area contributed by atoms with E-state index in [1.54, 1.807) is 24.2 Å². The molecule has 32 heavy (non-hydrogen) atoms. The minimum Gasteiger partial charge on any atom is -0.473 e. The number of rotatable bonds is 4. The highest BCUT2D eigenvalue weighted by molar-refractivity contribution is 5.83. The number of hydrogen-bond donors (Lipinski definition) is 0. The van der Waals surface area contributed by atoms with Crippen molar-refractivity contribution in [3.63, 3.8) is 0 Å². The van der Waals surface area contributed by atoms with E-state index in [1.807, 2.05) is 6.07 Å². The molecule has 0 unspecified atom stereocenters. The minimum absolute atomic E-state index is 0.0489. The molecule has 2 aliphatic heterocycles. The van der Waals surface area contributed by atoms with Gasteiger partial charge >= 0.3 is 0 Å². The third-order valence-electron chi connectivity index (χ3n) is 6.14. The first-order valence-corrected chi connectivity index (χ1v) is 11.0. The van der Waals surface area contributed by atoms with E-state index in [1.165, 1.54) is 11.3 Å². The van der Waals surface area contributed by atoms with Crippen LogP contribution in [-0.2, 0) is 16.0 Å². The number of aromatic nitrogens is 3. The highest BCUT2D eigenvalue weighted by Crippen LogP contribution is 2.32. The number of nitrogens with zero attached hydrogens (tertiary/aromatic N) is 5. The Kier molecular flexibility index (Phi) is 5.61. The van der Waals surface area contributed by atoms with E-state index < -0.39 is 0 Å². The van der Waals surface area contributed by atoms with Crippen LogP contribution in [0.3, 0.4) is 0 Å². The molecule has 0 spiro atoms. The van der Waals surface area contributed by atoms with Crippen molar-refractivity contribution in [2.45, 2.75) is 25.9 Å². The lowest BCUT2D eigenvalue weighted by Gasteiger charge is -2.32. The second kappa shape index (κ2) is 8.70. The molecule has 2 aromatic heterocycles. The first-order chi connectivity index (χ1) is 15.6. The molecule has 1 saturated heterocycles. The van der Waals surface area contributed by atoms with Crippen molar-refractivity contribution in [3.05, 3.63) is 42.2 Å². The van der Waals surface area contributed by atoms with Crippen LogP contribution >= 0.6 is 0 Å². The van der Waals surface area contributed by atoms with Crippen LogP contribution in [0.5, 0.6) is 5.88 Å². The van der Waals surface area contributed by atoms with Gasteiger partial charge in [-0.1, -0.05) is 6.07 Å². The second-order valence-electron chi connectivity index (χ2n) is 8.37. The van der Waals surface area contributed by atoms with Gasteiger partial charge in [-0.25, -0.2) is 9.97 Å². The Labute approximate surface area is 187 Å². The molecule has 2 aliphatic rings. The molecule has 1 atom stereocenters. The maximum Gasteiger partial charge on any atom is 0.242 e. The zero-order valence-electron chi connectivity index (χ0n) is 18.5. The quantitative estimate of drug-likeness (QED) is 0.626. The number of morpholine rings is 1. The molecule has 8 heteroatoms. The first kappa shape index (κ1) is 20.6. The summed E-state index contributed by atoms with van der Waals surface area (Å²) < 4.78 is 11.9. The fourth-order valence-electron chi connectivity index (χ4n) is 4.41. The number of anilines is 1. The molecule has 0 radical (unpaired) electrons. The topological polar surface area (TPSA) is 80.7 Å². The van der Waals surface area contributed by atoms with Crippen LogP contribution in [0.25, 0.3) is 22.3 Å². The number of carbonyl (C=O) groups excluding carboxylic acids is 1. The predicted molar refractivity (Wildman–Crippen MR) is 122 cm³/mol. The van der Waals surface area contributed by atoms with Gasteiger partial charge in [0, 0.05) is 50.7 Å². The molecule has 166 valence electrons. The van der Waals surface area contributed by atoms with Gasteiger partial charge in [-0.3, -0.25) is 9.78 Å². The fraction of sp³-hybridized carbons (Fsp3) is 0.417. The number of pyridine rings is 1. The molecule has 5 rings (SSSR count). The summed E-state index contributed by atoms with van der Waals surface area (Å²) in [4.78, 5) is 29.5. The third-order valence-corrected chi connectivity index (χ3v) is 6.14. The molecule has 4 heterocycles. The number of hydrogen-bond acceptors (Lipinski definition) is 7. The lowest BCUT2D eigenvalue weighted by atomic mass is 9.98. The second-order valence-corrected chi connectivity index (χ2v) is 8.37. The maximum absolute atomic E-state index is 11.7. The normalized spacial score (nSPS) is 18.5. The number of amides is 1. The highest BCUT2D eigenvalue weighted by atomic mass is 16.5. The maximum atomic E-state index is 11.7. The van der Waals surface area contributed by atoms with E-state index in [9.17, 15) is 4.79 Å². The van der Waals surface area contributed by atoms with Crippen LogP contribution in [0, 0.1) is 0 Å². The van der Waals surface area contributed by atoms with Gasteiger partial charge < -0.3 is 19.3 Å². The van der Waals surface area contributed by atoms with Crippen molar-refractivity contribution in [2.75, 3.05) is 44.8 Å². The van der Waals surface area contributed by atoms with Gasteiger partial charge in [0.1, 0.15) is 12.7 Å². The minimum atomic E-state index is -0.205. The highest BCUT2D eigenvalue weighted by Gasteiger charge is 2.23. The molecule has 0 N–H and O–H groups in total. The summed E-state index contributed by atoms with van der Waals surface area (Å²) in [5, 5.41) is 0. The number of aryl methyl sites for hydroxylation is 1. The Morgan fingerprint density at radius 3 is 2.97 bits per heavy atom. The van der Waals surface area contributed by atoms with Crippen molar-refractivity contribution >= 4 is 22.6 Å². The Hall–Kier alpha value is -3.26. The van der Waals surface area contributed by atoms with Crippen LogP contribution in [-0.4, -0.2) is 71.8 Å². The van der Waals surface area contributed by atoms with E-state index in [0.29, 0.717) is 37.7 Å². The third kappa shape index (κ3) is 4.10. The predicted octanol–water partition coefficient (Wildman–Crippen LogP) is 2.70. The van der Waals surface area contributed by atoms with Gasteiger partial charge in [-0.2, -0.15) is 0 Å². The monoisotopic (exact) mass is 433 g/mol. The van der Waals surface area contributed by atoms with Gasteiger partial charge in [-0.15, -0.1) is 0 Å². The molecular formula is C24H27N5O3. The van der Waals surface area contributed by atoms with Gasteiger partial charge in [0.2, 0.25) is 11.8 Å². The fourth-order valence-corrected chi connectivity index (χ4v) is 4.41. The van der Waals surface area contributed by atoms with Crippen molar-refractivity contribution in [2.24, 2.45) is 0 Å². The van der Waals surface area contributed by atoms with E-state index in [4.69, 9.17) is 14.5 Å². The van der Waals surface area contributed by atoms with Gasteiger partial charge in [0.25, 0.3) is 0 Å². The van der Waals surface area contributed by atoms with Crippen molar-refractivity contribution in [1.82, 2.24) is 19.9 Å². The van der Waals surface area contributed by atoms with Crippen molar-refractivity contribution < 1.29 is 14.3 Å². The SMILES string of the molecule is CC(=O)N1CCO[C@H](COc2nc(-c3ccc4c(c3)CCCN4C)cc3nccnc23)C1. The lowest BCUT2D eigenvalue weighted by molar-refractivity contribution is -0.137. The number of benzene rings is 1. The molecule has 0 aliphatic carbocycles. The van der Waals surface area contributed by atoms with E-state index in [2.05, 4.69) is 40.1 Å². The van der Waals surface area contributed by atoms with Crippen LogP contribution in [0.2, 0.25) is 0 Å². The van der Waals surface area contributed by atoms with E-state index in [-0.39, 0.29) is 12.0 Å². The summed E-state index contributed by atoms with van der Waals surface area (Å²) in [5.41, 5.74) is 5.80. The summed E-state index contributed by atoms with van der Waals surface area (Å²) in [6, 6.07) is 8.44. The molecule has 3 aromatic rings. The number of ether oxygens (including phenoxy) is 2. The Bertz CT molecular complexity index is 1150. The zero-order chi connectivity index (χ0) is 22.1. The van der Waals surface area contributed by atoms with E-state index in [0.717, 1.165) is 36.2 Å². The zero-order valence-corrected chi connectivity index (χ0v) is 18.5. The standard InChI is InChI=1S/C24H27N5O3/c1-16(30)29-10-11-31-19(14-29)15-32-24-23-21(25-7-8-26-23)13-20(27-24)17-5-6-22-18(12-17)4-3-9-28(22)2/h5-8,12-13,19H,3-4,9-11,14-15H2,1-2H3/t19-/m0/s1. The molecular weight excluding hydrogens is 406 g/mol. The molecule has 1 amide bonds. The van der Waals surface area contributed by atoms with Crippen molar-refractivity contribution in [1.29, 1.82) is 0 Å². The molecule has 1 aromatic carbocycles. The summed E-state index contributed by atoms with van der Waals surface area (Å²) in [7, 11) is 2.13. The lowest BCUT2D eigenvalue weighted by Crippen LogP contribution is -2.46. The molecule has 1 fully saturated rings.